The number of amides is 2. The summed E-state index contributed by atoms with van der Waals surface area (Å²) in [6.07, 6.45) is 3.92. The molecule has 3 rings (SSSR count). The number of piperazine rings is 1. The van der Waals surface area contributed by atoms with Crippen molar-refractivity contribution in [1.82, 2.24) is 20.0 Å². The lowest BCUT2D eigenvalue weighted by molar-refractivity contribution is -0.150. The maximum absolute atomic E-state index is 13.2. The minimum atomic E-state index is -0.376. The molecule has 0 aromatic heterocycles. The molecule has 1 atom stereocenters. The smallest absolute Gasteiger partial charge is 0.239 e. The van der Waals surface area contributed by atoms with Gasteiger partial charge in [-0.3, -0.25) is 14.5 Å². The number of rotatable bonds is 5. The van der Waals surface area contributed by atoms with E-state index in [0.29, 0.717) is 19.7 Å². The van der Waals surface area contributed by atoms with Gasteiger partial charge in [0.25, 0.3) is 0 Å². The second-order valence-electron chi connectivity index (χ2n) is 8.00. The van der Waals surface area contributed by atoms with Crippen LogP contribution in [0.2, 0.25) is 0 Å². The van der Waals surface area contributed by atoms with Crippen LogP contribution in [0.15, 0.2) is 0 Å². The molecule has 0 radical (unpaired) electrons. The second-order valence-corrected chi connectivity index (χ2v) is 8.00. The summed E-state index contributed by atoms with van der Waals surface area (Å²) in [6, 6.07) is -0.0860. The largest absolute Gasteiger partial charge is 0.384 e. The summed E-state index contributed by atoms with van der Waals surface area (Å²) in [5.41, 5.74) is -0.376. The molecule has 1 unspecified atom stereocenters. The molecule has 7 nitrogen and oxygen atoms in total. The third kappa shape index (κ3) is 5.51. The van der Waals surface area contributed by atoms with Gasteiger partial charge in [0, 0.05) is 46.4 Å². The summed E-state index contributed by atoms with van der Waals surface area (Å²) in [6.45, 7) is 9.00. The summed E-state index contributed by atoms with van der Waals surface area (Å²) in [5.74, 6) is 0.482. The van der Waals surface area contributed by atoms with Crippen molar-refractivity contribution in [3.8, 4) is 0 Å². The van der Waals surface area contributed by atoms with Crippen molar-refractivity contribution in [2.45, 2.75) is 38.6 Å². The van der Waals surface area contributed by atoms with Crippen LogP contribution in [0.4, 0.5) is 0 Å². The van der Waals surface area contributed by atoms with Crippen LogP contribution < -0.4 is 5.32 Å². The van der Waals surface area contributed by atoms with Gasteiger partial charge in [-0.2, -0.15) is 0 Å². The molecule has 0 aromatic rings. The number of methoxy groups -OCH3 is 1. The van der Waals surface area contributed by atoms with E-state index in [2.05, 4.69) is 10.2 Å². The molecule has 0 aromatic carbocycles. The lowest BCUT2D eigenvalue weighted by Gasteiger charge is -2.43. The van der Waals surface area contributed by atoms with Crippen molar-refractivity contribution < 1.29 is 14.3 Å². The van der Waals surface area contributed by atoms with E-state index in [4.69, 9.17) is 4.74 Å². The monoisotopic (exact) mass is 438 g/mol. The maximum atomic E-state index is 13.2. The fourth-order valence-electron chi connectivity index (χ4n) is 4.61. The highest BCUT2D eigenvalue weighted by Crippen LogP contribution is 2.32. The lowest BCUT2D eigenvalue weighted by Crippen LogP contribution is -2.59. The predicted molar refractivity (Wildman–Crippen MR) is 114 cm³/mol. The van der Waals surface area contributed by atoms with Crippen molar-refractivity contribution in [3.05, 3.63) is 0 Å². The van der Waals surface area contributed by atoms with Crippen molar-refractivity contribution in [2.75, 3.05) is 66.1 Å². The quantitative estimate of drug-likeness (QED) is 0.693. The Morgan fingerprint density at radius 3 is 2.07 bits per heavy atom. The van der Waals surface area contributed by atoms with Gasteiger partial charge in [-0.15, -0.1) is 24.8 Å². The molecule has 3 aliphatic rings. The highest BCUT2D eigenvalue weighted by Gasteiger charge is 2.43. The predicted octanol–water partition coefficient (Wildman–Crippen LogP) is 1.00. The number of nitrogens with one attached hydrogen (secondary N) is 1. The first kappa shape index (κ1) is 25.4. The van der Waals surface area contributed by atoms with E-state index in [0.717, 1.165) is 65.0 Å². The number of carbonyl (C=O) groups is 2. The molecule has 0 aliphatic carbocycles. The molecule has 2 amide bonds. The molecule has 164 valence electrons. The third-order valence-corrected chi connectivity index (χ3v) is 6.36. The Bertz CT molecular complexity index is 498. The zero-order valence-electron chi connectivity index (χ0n) is 17.2. The van der Waals surface area contributed by atoms with Gasteiger partial charge in [-0.05, 0) is 45.7 Å². The van der Waals surface area contributed by atoms with Crippen molar-refractivity contribution in [2.24, 2.45) is 5.41 Å². The number of hydrogen-bond acceptors (Lipinski definition) is 5. The molecule has 0 bridgehead atoms. The Morgan fingerprint density at radius 2 is 1.54 bits per heavy atom. The minimum Gasteiger partial charge on any atom is -0.384 e. The standard InChI is InChI=1S/C19H34N4O3.2ClH/c1-16(17(24)22-9-3-4-10-22)21-11-13-23(14-12-21)18(25)19(15-26-2)5-7-20-8-6-19;;/h16,20H,3-15H2,1-2H3;2*1H. The van der Waals surface area contributed by atoms with Gasteiger partial charge in [0.1, 0.15) is 0 Å². The number of likely N-dealkylation sites (tertiary alicyclic amines) is 1. The van der Waals surface area contributed by atoms with Crippen LogP contribution in [-0.2, 0) is 14.3 Å². The highest BCUT2D eigenvalue weighted by atomic mass is 35.5. The Balaban J connectivity index is 0.00000196. The first-order valence-corrected chi connectivity index (χ1v) is 10.1. The summed E-state index contributed by atoms with van der Waals surface area (Å²) in [5, 5.41) is 3.34. The molecule has 3 saturated heterocycles. The van der Waals surface area contributed by atoms with Gasteiger partial charge >= 0.3 is 0 Å². The first-order chi connectivity index (χ1) is 12.6. The number of carbonyl (C=O) groups excluding carboxylic acids is 2. The molecule has 0 spiro atoms. The lowest BCUT2D eigenvalue weighted by atomic mass is 9.78. The van der Waals surface area contributed by atoms with E-state index in [-0.39, 0.29) is 48.1 Å². The van der Waals surface area contributed by atoms with Crippen LogP contribution in [0.5, 0.6) is 0 Å². The normalized spacial score (nSPS) is 23.5. The molecule has 28 heavy (non-hydrogen) atoms. The number of piperidine rings is 1. The van der Waals surface area contributed by atoms with Crippen molar-refractivity contribution in [1.29, 1.82) is 0 Å². The van der Waals surface area contributed by atoms with Crippen LogP contribution in [0.1, 0.15) is 32.6 Å². The molecule has 3 aliphatic heterocycles. The minimum absolute atomic E-state index is 0. The molecule has 3 heterocycles. The van der Waals surface area contributed by atoms with E-state index in [1.165, 1.54) is 0 Å². The van der Waals surface area contributed by atoms with Crippen molar-refractivity contribution in [3.63, 3.8) is 0 Å². The van der Waals surface area contributed by atoms with E-state index < -0.39 is 0 Å². The topological polar surface area (TPSA) is 65.1 Å². The Hall–Kier alpha value is -0.600. The molecular formula is C19H36Cl2N4O3. The SMILES string of the molecule is COCC1(C(=O)N2CCN(C(C)C(=O)N3CCCC3)CC2)CCNCC1.Cl.Cl. The summed E-state index contributed by atoms with van der Waals surface area (Å²) in [7, 11) is 1.68. The van der Waals surface area contributed by atoms with E-state index in [1.54, 1.807) is 7.11 Å². The zero-order valence-corrected chi connectivity index (χ0v) is 18.8. The summed E-state index contributed by atoms with van der Waals surface area (Å²) >= 11 is 0. The van der Waals surface area contributed by atoms with E-state index >= 15 is 0 Å². The number of hydrogen-bond donors (Lipinski definition) is 1. The molecular weight excluding hydrogens is 403 g/mol. The van der Waals surface area contributed by atoms with Gasteiger partial charge in [0.05, 0.1) is 18.1 Å². The van der Waals surface area contributed by atoms with E-state index in [1.807, 2.05) is 16.7 Å². The molecule has 9 heteroatoms. The van der Waals surface area contributed by atoms with E-state index in [9.17, 15) is 9.59 Å². The number of ether oxygens (including phenoxy) is 1. The maximum Gasteiger partial charge on any atom is 0.239 e. The van der Waals surface area contributed by atoms with Crippen LogP contribution in [0.25, 0.3) is 0 Å². The highest BCUT2D eigenvalue weighted by molar-refractivity contribution is 5.86. The average Bonchev–Trinajstić information content (AvgIpc) is 3.22. The van der Waals surface area contributed by atoms with Crippen LogP contribution in [0.3, 0.4) is 0 Å². The fraction of sp³-hybridized carbons (Fsp3) is 0.895. The van der Waals surface area contributed by atoms with Gasteiger partial charge < -0.3 is 19.9 Å². The molecule has 0 saturated carbocycles. The average molecular weight is 439 g/mol. The number of nitrogens with zero attached hydrogens (tertiary/aromatic N) is 3. The van der Waals surface area contributed by atoms with Gasteiger partial charge in [0.15, 0.2) is 0 Å². The van der Waals surface area contributed by atoms with Gasteiger partial charge in [-0.25, -0.2) is 0 Å². The zero-order chi connectivity index (χ0) is 18.6. The Labute approximate surface area is 181 Å². The van der Waals surface area contributed by atoms with Crippen LogP contribution in [-0.4, -0.2) is 98.6 Å². The van der Waals surface area contributed by atoms with Crippen LogP contribution in [0, 0.1) is 5.41 Å². The molecule has 3 fully saturated rings. The van der Waals surface area contributed by atoms with Crippen molar-refractivity contribution >= 4 is 36.6 Å². The summed E-state index contributed by atoms with van der Waals surface area (Å²) < 4.78 is 5.41. The van der Waals surface area contributed by atoms with Crippen LogP contribution >= 0.6 is 24.8 Å². The third-order valence-electron chi connectivity index (χ3n) is 6.36. The van der Waals surface area contributed by atoms with Gasteiger partial charge in [0.2, 0.25) is 11.8 Å². The number of halogens is 2. The Morgan fingerprint density at radius 1 is 0.964 bits per heavy atom. The fourth-order valence-corrected chi connectivity index (χ4v) is 4.61. The van der Waals surface area contributed by atoms with Gasteiger partial charge in [-0.1, -0.05) is 0 Å². The Kier molecular flexibility index (Phi) is 10.5. The first-order valence-electron chi connectivity index (χ1n) is 10.1. The summed E-state index contributed by atoms with van der Waals surface area (Å²) in [4.78, 5) is 32.0. The second kappa shape index (κ2) is 11.6. The molecule has 1 N–H and O–H groups in total.